The van der Waals surface area contributed by atoms with Gasteiger partial charge in [0.2, 0.25) is 15.9 Å². The van der Waals surface area contributed by atoms with Crippen molar-refractivity contribution in [2.24, 2.45) is 0 Å². The van der Waals surface area contributed by atoms with Crippen molar-refractivity contribution in [2.75, 3.05) is 17.7 Å². The molecule has 6 nitrogen and oxygen atoms in total. The third-order valence-corrected chi connectivity index (χ3v) is 7.32. The van der Waals surface area contributed by atoms with Crippen molar-refractivity contribution in [1.29, 1.82) is 0 Å². The van der Waals surface area contributed by atoms with Crippen LogP contribution in [0.3, 0.4) is 0 Å². The molecule has 1 amide bonds. The fourth-order valence-corrected chi connectivity index (χ4v) is 5.32. The molecule has 1 N–H and O–H groups in total. The summed E-state index contributed by atoms with van der Waals surface area (Å²) in [6.07, 6.45) is 1.49. The van der Waals surface area contributed by atoms with Gasteiger partial charge in [-0.1, -0.05) is 26.8 Å². The van der Waals surface area contributed by atoms with Crippen LogP contribution >= 0.6 is 0 Å². The molecule has 2 atom stereocenters. The van der Waals surface area contributed by atoms with Crippen molar-refractivity contribution in [3.63, 3.8) is 0 Å². The van der Waals surface area contributed by atoms with Gasteiger partial charge in [-0.05, 0) is 92.1 Å². The number of nitrogens with zero attached hydrogens (tertiary/aromatic N) is 1. The lowest BCUT2D eigenvalue weighted by Crippen LogP contribution is -2.49. The van der Waals surface area contributed by atoms with Crippen LogP contribution < -0.4 is 14.4 Å². The molecule has 2 aromatic carbocycles. The largest absolute Gasteiger partial charge is 0.496 e. The van der Waals surface area contributed by atoms with Gasteiger partial charge in [-0.15, -0.1) is 0 Å². The third kappa shape index (κ3) is 6.08. The lowest BCUT2D eigenvalue weighted by molar-refractivity contribution is -0.122. The maximum atomic E-state index is 13.4. The van der Waals surface area contributed by atoms with Gasteiger partial charge in [-0.3, -0.25) is 9.10 Å². The molecule has 0 heterocycles. The smallest absolute Gasteiger partial charge is 0.244 e. The zero-order valence-electron chi connectivity index (χ0n) is 21.3. The minimum Gasteiger partial charge on any atom is -0.496 e. The number of anilines is 1. The molecule has 0 fully saturated rings. The van der Waals surface area contributed by atoms with Gasteiger partial charge in [-0.2, -0.15) is 0 Å². The van der Waals surface area contributed by atoms with Gasteiger partial charge in [0.1, 0.15) is 11.8 Å². The Kier molecular flexibility index (Phi) is 8.57. The molecule has 0 radical (unpaired) electrons. The number of sulfonamides is 1. The molecule has 0 saturated carbocycles. The number of amides is 1. The minimum absolute atomic E-state index is 0.260. The van der Waals surface area contributed by atoms with Gasteiger partial charge in [-0.25, -0.2) is 8.42 Å². The molecule has 0 spiro atoms. The van der Waals surface area contributed by atoms with E-state index in [9.17, 15) is 13.2 Å². The number of aryl methyl sites for hydroxylation is 3. The lowest BCUT2D eigenvalue weighted by atomic mass is 9.93. The number of rotatable bonds is 9. The highest BCUT2D eigenvalue weighted by molar-refractivity contribution is 7.92. The van der Waals surface area contributed by atoms with E-state index in [0.717, 1.165) is 39.8 Å². The number of nitrogens with one attached hydrogen (secondary N) is 1. The molecule has 2 rings (SSSR count). The summed E-state index contributed by atoms with van der Waals surface area (Å²) in [6.45, 7) is 13.8. The standard InChI is InChI=1S/C26H38N2O4S/c1-10-24(28(33(9,30)31)21-12-11-17(4)18(5)13-21)26(29)27-20(7)23-15-22(16(2)3)25(32-8)14-19(23)6/h11-16,20,24H,10H2,1-9H3,(H,27,29)/t20-,24+/m0/s1. The summed E-state index contributed by atoms with van der Waals surface area (Å²) in [5.41, 5.74) is 5.59. The molecule has 0 aliphatic carbocycles. The van der Waals surface area contributed by atoms with Crippen molar-refractivity contribution < 1.29 is 17.9 Å². The van der Waals surface area contributed by atoms with Crippen LogP contribution in [0.2, 0.25) is 0 Å². The fourth-order valence-electron chi connectivity index (χ4n) is 4.12. The number of carbonyl (C=O) groups excluding carboxylic acids is 1. The number of carbonyl (C=O) groups is 1. The summed E-state index contributed by atoms with van der Waals surface area (Å²) in [5, 5.41) is 3.05. The van der Waals surface area contributed by atoms with Gasteiger partial charge < -0.3 is 10.1 Å². The highest BCUT2D eigenvalue weighted by atomic mass is 32.2. The van der Waals surface area contributed by atoms with E-state index in [1.165, 1.54) is 4.31 Å². The lowest BCUT2D eigenvalue weighted by Gasteiger charge is -2.31. The van der Waals surface area contributed by atoms with Crippen LogP contribution in [-0.2, 0) is 14.8 Å². The SMILES string of the molecule is CC[C@H](C(=O)N[C@@H](C)c1cc(C(C)C)c(OC)cc1C)N(c1ccc(C)c(C)c1)S(C)(=O)=O. The summed E-state index contributed by atoms with van der Waals surface area (Å²) in [4.78, 5) is 13.4. The number of ether oxygens (including phenoxy) is 1. The van der Waals surface area contributed by atoms with Crippen molar-refractivity contribution >= 4 is 21.6 Å². The molecule has 0 aliphatic rings. The Morgan fingerprint density at radius 1 is 1.00 bits per heavy atom. The molecule has 0 aliphatic heterocycles. The van der Waals surface area contributed by atoms with Crippen LogP contribution in [0.5, 0.6) is 5.75 Å². The fraction of sp³-hybridized carbons (Fsp3) is 0.500. The zero-order chi connectivity index (χ0) is 25.1. The van der Waals surface area contributed by atoms with Gasteiger partial charge >= 0.3 is 0 Å². The maximum Gasteiger partial charge on any atom is 0.244 e. The molecule has 33 heavy (non-hydrogen) atoms. The first-order valence-electron chi connectivity index (χ1n) is 11.4. The van der Waals surface area contributed by atoms with E-state index < -0.39 is 16.1 Å². The third-order valence-electron chi connectivity index (χ3n) is 6.14. The number of hydrogen-bond acceptors (Lipinski definition) is 4. The molecular weight excluding hydrogens is 436 g/mol. The predicted octanol–water partition coefficient (Wildman–Crippen LogP) is 5.17. The van der Waals surface area contributed by atoms with E-state index in [4.69, 9.17) is 4.74 Å². The first-order chi connectivity index (χ1) is 15.3. The molecule has 0 unspecified atom stereocenters. The highest BCUT2D eigenvalue weighted by Gasteiger charge is 2.32. The van der Waals surface area contributed by atoms with Crippen LogP contribution in [0.25, 0.3) is 0 Å². The predicted molar refractivity (Wildman–Crippen MR) is 136 cm³/mol. The van der Waals surface area contributed by atoms with Crippen molar-refractivity contribution in [3.8, 4) is 5.75 Å². The Balaban J connectivity index is 2.41. The van der Waals surface area contributed by atoms with Crippen LogP contribution in [0, 0.1) is 20.8 Å². The summed E-state index contributed by atoms with van der Waals surface area (Å²) in [6, 6.07) is 8.36. The van der Waals surface area contributed by atoms with Gasteiger partial charge in [0.15, 0.2) is 0 Å². The van der Waals surface area contributed by atoms with Gasteiger partial charge in [0.05, 0.1) is 25.1 Å². The summed E-state index contributed by atoms with van der Waals surface area (Å²) in [5.74, 6) is 0.764. The Labute approximate surface area is 199 Å². The molecular formula is C26H38N2O4S. The topological polar surface area (TPSA) is 75.7 Å². The summed E-state index contributed by atoms with van der Waals surface area (Å²) >= 11 is 0. The summed E-state index contributed by atoms with van der Waals surface area (Å²) < 4.78 is 32.3. The number of benzene rings is 2. The second kappa shape index (κ2) is 10.6. The van der Waals surface area contributed by atoms with E-state index in [1.807, 2.05) is 52.8 Å². The van der Waals surface area contributed by atoms with E-state index in [0.29, 0.717) is 12.1 Å². The Morgan fingerprint density at radius 3 is 2.12 bits per heavy atom. The first-order valence-corrected chi connectivity index (χ1v) is 13.2. The van der Waals surface area contributed by atoms with Crippen LogP contribution in [0.1, 0.15) is 73.9 Å². The average Bonchev–Trinajstić information content (AvgIpc) is 2.72. The number of hydrogen-bond donors (Lipinski definition) is 1. The van der Waals surface area contributed by atoms with Crippen molar-refractivity contribution in [3.05, 3.63) is 58.1 Å². The molecule has 0 saturated heterocycles. The minimum atomic E-state index is -3.68. The maximum absolute atomic E-state index is 13.4. The first kappa shape index (κ1) is 26.7. The summed E-state index contributed by atoms with van der Waals surface area (Å²) in [7, 11) is -2.03. The van der Waals surface area contributed by atoms with Crippen LogP contribution in [-0.4, -0.2) is 33.7 Å². The van der Waals surface area contributed by atoms with E-state index in [1.54, 1.807) is 13.2 Å². The zero-order valence-corrected chi connectivity index (χ0v) is 22.1. The molecule has 0 bridgehead atoms. The number of methoxy groups -OCH3 is 1. The van der Waals surface area contributed by atoms with Gasteiger partial charge in [0, 0.05) is 0 Å². The molecule has 2 aromatic rings. The molecule has 0 aromatic heterocycles. The average molecular weight is 475 g/mol. The van der Waals surface area contributed by atoms with E-state index >= 15 is 0 Å². The van der Waals surface area contributed by atoms with E-state index in [-0.39, 0.29) is 17.9 Å². The normalized spacial score (nSPS) is 13.5. The Hall–Kier alpha value is -2.54. The Morgan fingerprint density at radius 2 is 1.64 bits per heavy atom. The van der Waals surface area contributed by atoms with Crippen molar-refractivity contribution in [2.45, 2.75) is 72.9 Å². The quantitative estimate of drug-likeness (QED) is 0.544. The highest BCUT2D eigenvalue weighted by Crippen LogP contribution is 2.32. The monoisotopic (exact) mass is 474 g/mol. The second-order valence-electron chi connectivity index (χ2n) is 9.09. The Bertz CT molecular complexity index is 1110. The van der Waals surface area contributed by atoms with Crippen LogP contribution in [0.4, 0.5) is 5.69 Å². The molecule has 182 valence electrons. The molecule has 7 heteroatoms. The second-order valence-corrected chi connectivity index (χ2v) is 10.9. The van der Waals surface area contributed by atoms with E-state index in [2.05, 4.69) is 25.2 Å². The van der Waals surface area contributed by atoms with Crippen LogP contribution in [0.15, 0.2) is 30.3 Å². The van der Waals surface area contributed by atoms with Gasteiger partial charge in [0.25, 0.3) is 0 Å². The van der Waals surface area contributed by atoms with Crippen molar-refractivity contribution in [1.82, 2.24) is 5.32 Å².